The van der Waals surface area contributed by atoms with Crippen LogP contribution in [0.2, 0.25) is 0 Å². The van der Waals surface area contributed by atoms with Crippen LogP contribution in [0.4, 0.5) is 0 Å². The summed E-state index contributed by atoms with van der Waals surface area (Å²) in [4.78, 5) is 13.2. The zero-order chi connectivity index (χ0) is 53.3. The Balaban J connectivity index is 2.22. The van der Waals surface area contributed by atoms with Crippen LogP contribution < -0.4 is 5.32 Å². The molecule has 8 N–H and O–H groups in total. The molecule has 0 aromatic rings. The Kier molecular flexibility index (Phi) is 49.4. The summed E-state index contributed by atoms with van der Waals surface area (Å²) in [6, 6.07) is -1.18. The summed E-state index contributed by atoms with van der Waals surface area (Å²) in [5.41, 5.74) is 0. The molecule has 434 valence electrons. The number of allylic oxidation sites excluding steroid dienone is 2. The molecular weight excluding hydrogens is 919 g/mol. The zero-order valence-electron chi connectivity index (χ0n) is 47.6. The van der Waals surface area contributed by atoms with E-state index < -0.39 is 74.2 Å². The highest BCUT2D eigenvalue weighted by Crippen LogP contribution is 2.24. The Labute approximate surface area is 449 Å². The number of aliphatic hydroxyl groups is 7. The zero-order valence-corrected chi connectivity index (χ0v) is 47.6. The van der Waals surface area contributed by atoms with Crippen LogP contribution >= 0.6 is 0 Å². The molecule has 1 amide bonds. The van der Waals surface area contributed by atoms with E-state index in [-0.39, 0.29) is 12.8 Å². The first kappa shape index (κ1) is 69.9. The Bertz CT molecular complexity index is 1190. The van der Waals surface area contributed by atoms with Crippen molar-refractivity contribution in [3.8, 4) is 0 Å². The molecule has 73 heavy (non-hydrogen) atoms. The van der Waals surface area contributed by atoms with Crippen molar-refractivity contribution in [2.24, 2.45) is 0 Å². The van der Waals surface area contributed by atoms with Crippen LogP contribution in [0.3, 0.4) is 0 Å². The number of carbonyl (C=O) groups excluding carboxylic acids is 1. The number of nitrogens with one attached hydrogen (secondary N) is 1. The molecule has 11 nitrogen and oxygen atoms in total. The largest absolute Gasteiger partial charge is 0.394 e. The van der Waals surface area contributed by atoms with Crippen LogP contribution in [0.1, 0.15) is 309 Å². The van der Waals surface area contributed by atoms with Crippen molar-refractivity contribution in [3.05, 3.63) is 12.2 Å². The molecule has 0 saturated carbocycles. The normalized spacial score (nSPS) is 19.9. The molecule has 0 bridgehead atoms. The van der Waals surface area contributed by atoms with Crippen LogP contribution in [0.15, 0.2) is 12.2 Å². The number of amides is 1. The van der Waals surface area contributed by atoms with E-state index in [0.29, 0.717) is 12.8 Å². The van der Waals surface area contributed by atoms with Crippen LogP contribution in [-0.2, 0) is 14.3 Å². The maximum absolute atomic E-state index is 13.2. The van der Waals surface area contributed by atoms with Crippen molar-refractivity contribution in [1.29, 1.82) is 0 Å². The lowest BCUT2D eigenvalue weighted by Crippen LogP contribution is -2.60. The molecule has 11 heteroatoms. The maximum atomic E-state index is 13.2. The molecule has 0 spiro atoms. The van der Waals surface area contributed by atoms with Crippen LogP contribution in [-0.4, -0.2) is 110 Å². The van der Waals surface area contributed by atoms with Gasteiger partial charge >= 0.3 is 0 Å². The third kappa shape index (κ3) is 39.8. The van der Waals surface area contributed by atoms with Gasteiger partial charge in [-0.25, -0.2) is 0 Å². The van der Waals surface area contributed by atoms with E-state index in [2.05, 4.69) is 31.3 Å². The van der Waals surface area contributed by atoms with Crippen molar-refractivity contribution in [2.75, 3.05) is 13.2 Å². The van der Waals surface area contributed by atoms with Crippen LogP contribution in [0.5, 0.6) is 0 Å². The quantitative estimate of drug-likeness (QED) is 0.0215. The van der Waals surface area contributed by atoms with Gasteiger partial charge in [0, 0.05) is 0 Å². The van der Waals surface area contributed by atoms with Crippen molar-refractivity contribution in [1.82, 2.24) is 5.32 Å². The summed E-state index contributed by atoms with van der Waals surface area (Å²) in [6.07, 6.45) is 50.1. The monoisotopic (exact) mass is 1040 g/mol. The van der Waals surface area contributed by atoms with Crippen LogP contribution in [0.25, 0.3) is 0 Å². The van der Waals surface area contributed by atoms with Crippen molar-refractivity contribution in [2.45, 2.75) is 364 Å². The Morgan fingerprint density at radius 1 is 0.466 bits per heavy atom. The molecule has 1 aliphatic heterocycles. The molecule has 1 heterocycles. The Morgan fingerprint density at radius 3 is 1.18 bits per heavy atom. The van der Waals surface area contributed by atoms with Gasteiger partial charge in [0.05, 0.1) is 25.4 Å². The number of unbranched alkanes of at least 4 members (excludes halogenated alkanes) is 41. The van der Waals surface area contributed by atoms with E-state index in [4.69, 9.17) is 9.47 Å². The minimum absolute atomic E-state index is 0.259. The summed E-state index contributed by atoms with van der Waals surface area (Å²) < 4.78 is 11.1. The molecule has 0 aliphatic carbocycles. The predicted octanol–water partition coefficient (Wildman–Crippen LogP) is 13.9. The lowest BCUT2D eigenvalue weighted by Gasteiger charge is -2.40. The number of carbonyl (C=O) groups is 1. The van der Waals surface area contributed by atoms with E-state index in [1.807, 2.05) is 0 Å². The second-order valence-corrected chi connectivity index (χ2v) is 22.5. The topological polar surface area (TPSA) is 189 Å². The van der Waals surface area contributed by atoms with Gasteiger partial charge in [-0.15, -0.1) is 0 Å². The highest BCUT2D eigenvalue weighted by atomic mass is 16.7. The highest BCUT2D eigenvalue weighted by molar-refractivity contribution is 5.80. The van der Waals surface area contributed by atoms with Gasteiger partial charge in [-0.05, 0) is 38.5 Å². The highest BCUT2D eigenvalue weighted by Gasteiger charge is 2.44. The molecular formula is C62H121NO10. The summed E-state index contributed by atoms with van der Waals surface area (Å²) >= 11 is 0. The molecule has 0 aromatic carbocycles. The van der Waals surface area contributed by atoms with Crippen molar-refractivity contribution >= 4 is 5.91 Å². The molecule has 1 saturated heterocycles. The molecule has 0 aromatic heterocycles. The smallest absolute Gasteiger partial charge is 0.249 e. The fourth-order valence-electron chi connectivity index (χ4n) is 10.4. The number of ether oxygens (including phenoxy) is 2. The van der Waals surface area contributed by atoms with Gasteiger partial charge in [0.2, 0.25) is 5.91 Å². The summed E-state index contributed by atoms with van der Waals surface area (Å²) in [5.74, 6) is -0.701. The summed E-state index contributed by atoms with van der Waals surface area (Å²) in [7, 11) is 0. The van der Waals surface area contributed by atoms with Gasteiger partial charge in [-0.3, -0.25) is 4.79 Å². The minimum Gasteiger partial charge on any atom is -0.394 e. The van der Waals surface area contributed by atoms with Crippen molar-refractivity contribution < 1.29 is 50.0 Å². The van der Waals surface area contributed by atoms with Gasteiger partial charge in [0.1, 0.15) is 36.6 Å². The summed E-state index contributed by atoms with van der Waals surface area (Å²) in [5, 5.41) is 76.2. The lowest BCUT2D eigenvalue weighted by molar-refractivity contribution is -0.303. The standard InChI is InChI=1S/C62H121NO10/c1-3-5-7-9-11-13-15-17-19-20-21-22-23-24-25-26-27-28-29-30-31-32-33-34-36-37-39-41-43-45-47-49-54(65)57(67)53(52-72-62-60(70)59(69)58(68)56(51-64)73-62)63-61(71)55(66)50-48-46-44-42-40-38-35-18-16-14-12-10-8-6-4-2/h41,43,53-60,62,64-70H,3-40,42,44-52H2,1-2H3,(H,63,71)/b43-41+. The average Bonchev–Trinajstić information content (AvgIpc) is 3.39. The third-order valence-corrected chi connectivity index (χ3v) is 15.6. The molecule has 9 unspecified atom stereocenters. The molecule has 9 atom stereocenters. The maximum Gasteiger partial charge on any atom is 0.249 e. The number of rotatable bonds is 55. The van der Waals surface area contributed by atoms with E-state index in [9.17, 15) is 40.5 Å². The molecule has 1 fully saturated rings. The second-order valence-electron chi connectivity index (χ2n) is 22.5. The van der Waals surface area contributed by atoms with E-state index in [1.54, 1.807) is 0 Å². The van der Waals surface area contributed by atoms with Gasteiger partial charge in [-0.1, -0.05) is 283 Å². The second kappa shape index (κ2) is 51.6. The molecule has 1 aliphatic rings. The fourth-order valence-corrected chi connectivity index (χ4v) is 10.4. The van der Waals surface area contributed by atoms with Crippen LogP contribution in [0, 0.1) is 0 Å². The summed E-state index contributed by atoms with van der Waals surface area (Å²) in [6.45, 7) is 3.48. The fraction of sp³-hybridized carbons (Fsp3) is 0.952. The van der Waals surface area contributed by atoms with Crippen molar-refractivity contribution in [3.63, 3.8) is 0 Å². The van der Waals surface area contributed by atoms with Gasteiger partial charge < -0.3 is 50.5 Å². The molecule has 1 rings (SSSR count). The van der Waals surface area contributed by atoms with Gasteiger partial charge in [0.25, 0.3) is 0 Å². The SMILES string of the molecule is CCCCCCCCCCCCCCCCCCCCCCCCCCCC/C=C/CCCC(O)C(O)C(COC1OC(CO)C(O)C(O)C1O)NC(=O)C(O)CCCCCCCCCCCCCCCCC. The lowest BCUT2D eigenvalue weighted by atomic mass is 9.98. The first-order valence-corrected chi connectivity index (χ1v) is 31.6. The Hall–Kier alpha value is -1.15. The first-order valence-electron chi connectivity index (χ1n) is 31.6. The predicted molar refractivity (Wildman–Crippen MR) is 303 cm³/mol. The number of hydrogen-bond acceptors (Lipinski definition) is 10. The van der Waals surface area contributed by atoms with Gasteiger partial charge in [-0.2, -0.15) is 0 Å². The minimum atomic E-state index is -1.67. The average molecular weight is 1040 g/mol. The number of hydrogen-bond donors (Lipinski definition) is 8. The van der Waals surface area contributed by atoms with E-state index in [1.165, 1.54) is 231 Å². The van der Waals surface area contributed by atoms with E-state index in [0.717, 1.165) is 38.5 Å². The molecule has 0 radical (unpaired) electrons. The van der Waals surface area contributed by atoms with E-state index >= 15 is 0 Å². The number of aliphatic hydroxyl groups excluding tert-OH is 7. The first-order chi connectivity index (χ1) is 35.7. The third-order valence-electron chi connectivity index (χ3n) is 15.6. The Morgan fingerprint density at radius 2 is 0.808 bits per heavy atom. The van der Waals surface area contributed by atoms with Gasteiger partial charge in [0.15, 0.2) is 6.29 Å².